The number of nitrogens with zero attached hydrogens (tertiary/aromatic N) is 3. The van der Waals surface area contributed by atoms with Crippen molar-refractivity contribution >= 4 is 11.5 Å². The number of amidine groups is 1. The van der Waals surface area contributed by atoms with Crippen molar-refractivity contribution in [2.24, 2.45) is 10.9 Å². The van der Waals surface area contributed by atoms with E-state index in [1.165, 1.54) is 34.9 Å². The maximum atomic E-state index is 13.5. The Morgan fingerprint density at radius 2 is 1.82 bits per heavy atom. The fourth-order valence-electron chi connectivity index (χ4n) is 2.28. The summed E-state index contributed by atoms with van der Waals surface area (Å²) in [5.74, 6) is -0.831. The van der Waals surface area contributed by atoms with E-state index in [1.54, 1.807) is 12.1 Å². The molecule has 0 amide bonds. The van der Waals surface area contributed by atoms with Crippen LogP contribution in [0, 0.1) is 11.6 Å². The van der Waals surface area contributed by atoms with Crippen molar-refractivity contribution in [1.29, 1.82) is 0 Å². The highest BCUT2D eigenvalue weighted by molar-refractivity contribution is 5.84. The van der Waals surface area contributed by atoms with Gasteiger partial charge in [0.1, 0.15) is 23.1 Å². The van der Waals surface area contributed by atoms with E-state index >= 15 is 0 Å². The molecule has 0 bridgehead atoms. The van der Waals surface area contributed by atoms with Crippen LogP contribution in [0.3, 0.4) is 0 Å². The van der Waals surface area contributed by atoms with Gasteiger partial charge in [-0.1, -0.05) is 5.16 Å². The SMILES string of the molecule is NC(Cc1c(-c2ccc(F)cc2)nc2ccc(F)cn12)=NO. The number of hydrogen-bond donors (Lipinski definition) is 2. The zero-order valence-corrected chi connectivity index (χ0v) is 11.4. The highest BCUT2D eigenvalue weighted by atomic mass is 19.1. The largest absolute Gasteiger partial charge is 0.409 e. The number of rotatable bonds is 3. The Kier molecular flexibility index (Phi) is 3.46. The number of nitrogens with two attached hydrogens (primary N) is 1. The van der Waals surface area contributed by atoms with Gasteiger partial charge in [-0.3, -0.25) is 0 Å². The molecule has 3 rings (SSSR count). The lowest BCUT2D eigenvalue weighted by molar-refractivity contribution is 0.317. The Labute approximate surface area is 124 Å². The number of pyridine rings is 1. The normalized spacial score (nSPS) is 12.0. The van der Waals surface area contributed by atoms with Crippen LogP contribution in [0.2, 0.25) is 0 Å². The molecule has 3 aromatic rings. The highest BCUT2D eigenvalue weighted by Crippen LogP contribution is 2.25. The summed E-state index contributed by atoms with van der Waals surface area (Å²) >= 11 is 0. The van der Waals surface area contributed by atoms with E-state index in [9.17, 15) is 8.78 Å². The lowest BCUT2D eigenvalue weighted by atomic mass is 10.1. The van der Waals surface area contributed by atoms with E-state index in [0.29, 0.717) is 22.6 Å². The minimum atomic E-state index is -0.434. The van der Waals surface area contributed by atoms with Crippen LogP contribution in [0.15, 0.2) is 47.8 Å². The topological polar surface area (TPSA) is 75.9 Å². The summed E-state index contributed by atoms with van der Waals surface area (Å²) in [5.41, 5.74) is 7.82. The summed E-state index contributed by atoms with van der Waals surface area (Å²) in [6, 6.07) is 8.59. The number of oxime groups is 1. The van der Waals surface area contributed by atoms with Gasteiger partial charge in [-0.25, -0.2) is 13.8 Å². The molecule has 112 valence electrons. The van der Waals surface area contributed by atoms with E-state index < -0.39 is 5.82 Å². The lowest BCUT2D eigenvalue weighted by Gasteiger charge is -2.04. The Morgan fingerprint density at radius 1 is 1.14 bits per heavy atom. The minimum Gasteiger partial charge on any atom is -0.409 e. The highest BCUT2D eigenvalue weighted by Gasteiger charge is 2.16. The lowest BCUT2D eigenvalue weighted by Crippen LogP contribution is -2.16. The molecule has 3 N–H and O–H groups in total. The number of imidazole rings is 1. The predicted molar refractivity (Wildman–Crippen MR) is 77.7 cm³/mol. The maximum absolute atomic E-state index is 13.5. The third-order valence-corrected chi connectivity index (χ3v) is 3.28. The van der Waals surface area contributed by atoms with Crippen LogP contribution in [-0.2, 0) is 6.42 Å². The number of aromatic nitrogens is 2. The zero-order valence-electron chi connectivity index (χ0n) is 11.4. The summed E-state index contributed by atoms with van der Waals surface area (Å²) in [5, 5.41) is 11.7. The van der Waals surface area contributed by atoms with Gasteiger partial charge in [-0.15, -0.1) is 0 Å². The molecule has 0 spiro atoms. The summed E-state index contributed by atoms with van der Waals surface area (Å²) in [6.07, 6.45) is 1.35. The van der Waals surface area contributed by atoms with Crippen LogP contribution in [0.4, 0.5) is 8.78 Å². The summed E-state index contributed by atoms with van der Waals surface area (Å²) in [7, 11) is 0. The fourth-order valence-corrected chi connectivity index (χ4v) is 2.28. The van der Waals surface area contributed by atoms with Gasteiger partial charge in [0.15, 0.2) is 0 Å². The Balaban J connectivity index is 2.23. The van der Waals surface area contributed by atoms with Gasteiger partial charge in [0, 0.05) is 11.8 Å². The first-order chi connectivity index (χ1) is 10.6. The molecule has 2 heterocycles. The van der Waals surface area contributed by atoms with Crippen molar-refractivity contribution in [2.75, 3.05) is 0 Å². The molecule has 7 heteroatoms. The van der Waals surface area contributed by atoms with Crippen molar-refractivity contribution in [3.8, 4) is 11.3 Å². The average molecular weight is 302 g/mol. The van der Waals surface area contributed by atoms with Gasteiger partial charge < -0.3 is 15.3 Å². The van der Waals surface area contributed by atoms with Crippen molar-refractivity contribution in [1.82, 2.24) is 9.38 Å². The van der Waals surface area contributed by atoms with Crippen LogP contribution < -0.4 is 5.73 Å². The predicted octanol–water partition coefficient (Wildman–Crippen LogP) is 2.57. The van der Waals surface area contributed by atoms with E-state index in [4.69, 9.17) is 10.9 Å². The summed E-state index contributed by atoms with van der Waals surface area (Å²) < 4.78 is 28.1. The molecule has 0 aliphatic heterocycles. The standard InChI is InChI=1S/C15H12F2N4O/c16-10-3-1-9(2-4-10)15-12(7-13(18)20-22)21-8-11(17)5-6-14(21)19-15/h1-6,8,22H,7H2,(H2,18,20). The molecule has 0 aliphatic carbocycles. The Bertz CT molecular complexity index is 856. The monoisotopic (exact) mass is 302 g/mol. The third-order valence-electron chi connectivity index (χ3n) is 3.28. The Morgan fingerprint density at radius 3 is 2.50 bits per heavy atom. The zero-order chi connectivity index (χ0) is 15.7. The quantitative estimate of drug-likeness (QED) is 0.338. The van der Waals surface area contributed by atoms with Gasteiger partial charge in [-0.2, -0.15) is 0 Å². The van der Waals surface area contributed by atoms with Crippen LogP contribution in [0.25, 0.3) is 16.9 Å². The molecular weight excluding hydrogens is 290 g/mol. The van der Waals surface area contributed by atoms with Crippen molar-refractivity contribution in [3.63, 3.8) is 0 Å². The molecule has 0 saturated carbocycles. The van der Waals surface area contributed by atoms with Gasteiger partial charge in [0.2, 0.25) is 0 Å². The maximum Gasteiger partial charge on any atom is 0.145 e. The van der Waals surface area contributed by atoms with Gasteiger partial charge in [-0.05, 0) is 36.4 Å². The first-order valence-electron chi connectivity index (χ1n) is 6.47. The molecule has 0 saturated heterocycles. The molecule has 0 atom stereocenters. The molecule has 1 aromatic carbocycles. The summed E-state index contributed by atoms with van der Waals surface area (Å²) in [6.45, 7) is 0. The Hall–Kier alpha value is -2.96. The van der Waals surface area contributed by atoms with Crippen molar-refractivity contribution in [2.45, 2.75) is 6.42 Å². The number of hydrogen-bond acceptors (Lipinski definition) is 3. The smallest absolute Gasteiger partial charge is 0.145 e. The number of benzene rings is 1. The molecular formula is C15H12F2N4O. The van der Waals surface area contributed by atoms with E-state index in [1.807, 2.05) is 0 Å². The van der Waals surface area contributed by atoms with Gasteiger partial charge in [0.25, 0.3) is 0 Å². The van der Waals surface area contributed by atoms with Crippen LogP contribution in [0.5, 0.6) is 0 Å². The van der Waals surface area contributed by atoms with Crippen molar-refractivity contribution < 1.29 is 14.0 Å². The number of halogens is 2. The van der Waals surface area contributed by atoms with Crippen LogP contribution >= 0.6 is 0 Å². The second-order valence-electron chi connectivity index (χ2n) is 4.76. The second-order valence-corrected chi connectivity index (χ2v) is 4.76. The molecule has 22 heavy (non-hydrogen) atoms. The fraction of sp³-hybridized carbons (Fsp3) is 0.0667. The minimum absolute atomic E-state index is 0.0329. The molecule has 0 aliphatic rings. The van der Waals surface area contributed by atoms with Crippen LogP contribution in [-0.4, -0.2) is 20.4 Å². The van der Waals surface area contributed by atoms with E-state index in [-0.39, 0.29) is 18.1 Å². The molecule has 0 unspecified atom stereocenters. The van der Waals surface area contributed by atoms with E-state index in [2.05, 4.69) is 10.1 Å². The van der Waals surface area contributed by atoms with Gasteiger partial charge in [0.05, 0.1) is 17.8 Å². The second kappa shape index (κ2) is 5.44. The molecule has 0 fully saturated rings. The van der Waals surface area contributed by atoms with Crippen molar-refractivity contribution in [3.05, 3.63) is 59.9 Å². The first-order valence-corrected chi connectivity index (χ1v) is 6.47. The van der Waals surface area contributed by atoms with E-state index in [0.717, 1.165) is 0 Å². The molecule has 5 nitrogen and oxygen atoms in total. The molecule has 0 radical (unpaired) electrons. The molecule has 2 aromatic heterocycles. The third kappa shape index (κ3) is 2.48. The average Bonchev–Trinajstić information content (AvgIpc) is 2.86. The van der Waals surface area contributed by atoms with Gasteiger partial charge >= 0.3 is 0 Å². The summed E-state index contributed by atoms with van der Waals surface area (Å²) in [4.78, 5) is 4.42. The van der Waals surface area contributed by atoms with Crippen LogP contribution in [0.1, 0.15) is 5.69 Å². The number of fused-ring (bicyclic) bond motifs is 1. The first kappa shape index (κ1) is 14.0.